The van der Waals surface area contributed by atoms with E-state index in [2.05, 4.69) is 15.1 Å². The van der Waals surface area contributed by atoms with Crippen LogP contribution in [0.15, 0.2) is 22.9 Å². The standard InChI is InChI=1S/C16H21N5O2/c1-11(22)21-8-6-12(7-9-21)16-18-15(19-23-16)13-4-5-14(17-10-13)20(2)3/h4-5,10,12H,6-9H2,1-3H3. The van der Waals surface area contributed by atoms with E-state index in [1.165, 1.54) is 0 Å². The summed E-state index contributed by atoms with van der Waals surface area (Å²) in [6, 6.07) is 3.87. The normalized spacial score (nSPS) is 15.7. The molecule has 0 radical (unpaired) electrons. The second kappa shape index (κ2) is 6.36. The van der Waals surface area contributed by atoms with E-state index in [0.717, 1.165) is 37.3 Å². The number of rotatable bonds is 3. The van der Waals surface area contributed by atoms with E-state index in [0.29, 0.717) is 11.7 Å². The Morgan fingerprint density at radius 3 is 2.61 bits per heavy atom. The van der Waals surface area contributed by atoms with E-state index in [4.69, 9.17) is 4.52 Å². The van der Waals surface area contributed by atoms with Gasteiger partial charge in [0.05, 0.1) is 0 Å². The monoisotopic (exact) mass is 315 g/mol. The van der Waals surface area contributed by atoms with Crippen molar-refractivity contribution in [2.45, 2.75) is 25.7 Å². The lowest BCUT2D eigenvalue weighted by Gasteiger charge is -2.29. The topological polar surface area (TPSA) is 75.4 Å². The van der Waals surface area contributed by atoms with Crippen molar-refractivity contribution in [3.05, 3.63) is 24.2 Å². The van der Waals surface area contributed by atoms with Gasteiger partial charge in [-0.3, -0.25) is 4.79 Å². The van der Waals surface area contributed by atoms with E-state index in [1.807, 2.05) is 36.0 Å². The predicted octanol–water partition coefficient (Wildman–Crippen LogP) is 1.92. The first-order valence-corrected chi connectivity index (χ1v) is 7.77. The Labute approximate surface area is 135 Å². The quantitative estimate of drug-likeness (QED) is 0.861. The van der Waals surface area contributed by atoms with Gasteiger partial charge in [-0.25, -0.2) is 4.98 Å². The molecular weight excluding hydrogens is 294 g/mol. The summed E-state index contributed by atoms with van der Waals surface area (Å²) in [5, 5.41) is 4.07. The number of carbonyl (C=O) groups is 1. The van der Waals surface area contributed by atoms with Crippen LogP contribution in [0.3, 0.4) is 0 Å². The molecule has 1 aliphatic heterocycles. The van der Waals surface area contributed by atoms with Gasteiger partial charge in [-0.05, 0) is 25.0 Å². The summed E-state index contributed by atoms with van der Waals surface area (Å²) >= 11 is 0. The second-order valence-electron chi connectivity index (χ2n) is 6.04. The number of piperidine rings is 1. The highest BCUT2D eigenvalue weighted by Crippen LogP contribution is 2.28. The molecule has 3 heterocycles. The summed E-state index contributed by atoms with van der Waals surface area (Å²) in [6.45, 7) is 3.10. The van der Waals surface area contributed by atoms with Crippen molar-refractivity contribution in [2.75, 3.05) is 32.1 Å². The Balaban J connectivity index is 1.70. The van der Waals surface area contributed by atoms with Crippen molar-refractivity contribution < 1.29 is 9.32 Å². The predicted molar refractivity (Wildman–Crippen MR) is 86.1 cm³/mol. The largest absolute Gasteiger partial charge is 0.363 e. The average Bonchev–Trinajstić information content (AvgIpc) is 3.05. The molecule has 3 rings (SSSR count). The zero-order valence-electron chi connectivity index (χ0n) is 13.7. The number of hydrogen-bond acceptors (Lipinski definition) is 6. The molecule has 2 aromatic heterocycles. The van der Waals surface area contributed by atoms with Gasteiger partial charge < -0.3 is 14.3 Å². The summed E-state index contributed by atoms with van der Waals surface area (Å²) in [4.78, 5) is 24.0. The van der Waals surface area contributed by atoms with Crippen LogP contribution in [0.25, 0.3) is 11.4 Å². The third-order valence-electron chi connectivity index (χ3n) is 4.20. The summed E-state index contributed by atoms with van der Waals surface area (Å²) in [5.41, 5.74) is 0.840. The highest BCUT2D eigenvalue weighted by atomic mass is 16.5. The van der Waals surface area contributed by atoms with E-state index in [-0.39, 0.29) is 11.8 Å². The first-order chi connectivity index (χ1) is 11.0. The summed E-state index contributed by atoms with van der Waals surface area (Å²) in [7, 11) is 3.89. The number of hydrogen-bond donors (Lipinski definition) is 0. The fraction of sp³-hybridized carbons (Fsp3) is 0.500. The molecule has 0 N–H and O–H groups in total. The van der Waals surface area contributed by atoms with Crippen LogP contribution >= 0.6 is 0 Å². The molecule has 1 amide bonds. The maximum absolute atomic E-state index is 11.4. The van der Waals surface area contributed by atoms with Crippen LogP contribution < -0.4 is 4.90 Å². The van der Waals surface area contributed by atoms with Gasteiger partial charge in [0.1, 0.15) is 5.82 Å². The molecule has 7 heteroatoms. The number of pyridine rings is 1. The van der Waals surface area contributed by atoms with Crippen LogP contribution in [0.2, 0.25) is 0 Å². The van der Waals surface area contributed by atoms with Crippen molar-refractivity contribution in [3.8, 4) is 11.4 Å². The Kier molecular flexibility index (Phi) is 4.27. The van der Waals surface area contributed by atoms with Crippen LogP contribution in [-0.4, -0.2) is 53.1 Å². The summed E-state index contributed by atoms with van der Waals surface area (Å²) in [6.07, 6.45) is 3.47. The van der Waals surface area contributed by atoms with Gasteiger partial charge in [0.2, 0.25) is 17.6 Å². The number of amides is 1. The minimum absolute atomic E-state index is 0.127. The zero-order chi connectivity index (χ0) is 16.4. The Morgan fingerprint density at radius 2 is 2.04 bits per heavy atom. The van der Waals surface area contributed by atoms with Gasteiger partial charge in [0.25, 0.3) is 0 Å². The second-order valence-corrected chi connectivity index (χ2v) is 6.04. The van der Waals surface area contributed by atoms with Crippen molar-refractivity contribution >= 4 is 11.7 Å². The molecule has 2 aromatic rings. The summed E-state index contributed by atoms with van der Waals surface area (Å²) < 4.78 is 5.43. The molecule has 23 heavy (non-hydrogen) atoms. The lowest BCUT2D eigenvalue weighted by atomic mass is 9.97. The van der Waals surface area contributed by atoms with Gasteiger partial charge in [0, 0.05) is 51.8 Å². The van der Waals surface area contributed by atoms with Gasteiger partial charge in [0.15, 0.2) is 0 Å². The number of nitrogens with zero attached hydrogens (tertiary/aromatic N) is 5. The van der Waals surface area contributed by atoms with Crippen LogP contribution in [0.1, 0.15) is 31.6 Å². The number of carbonyl (C=O) groups excluding carboxylic acids is 1. The molecule has 7 nitrogen and oxygen atoms in total. The number of likely N-dealkylation sites (tertiary alicyclic amines) is 1. The van der Waals surface area contributed by atoms with Gasteiger partial charge in [-0.15, -0.1) is 0 Å². The smallest absolute Gasteiger partial charge is 0.230 e. The lowest BCUT2D eigenvalue weighted by Crippen LogP contribution is -2.36. The SMILES string of the molecule is CC(=O)N1CCC(c2nc(-c3ccc(N(C)C)nc3)no2)CC1. The van der Waals surface area contributed by atoms with Crippen LogP contribution in [0.4, 0.5) is 5.82 Å². The van der Waals surface area contributed by atoms with Crippen LogP contribution in [0.5, 0.6) is 0 Å². The molecule has 1 fully saturated rings. The van der Waals surface area contributed by atoms with Crippen molar-refractivity contribution in [2.24, 2.45) is 0 Å². The molecule has 0 saturated carbocycles. The van der Waals surface area contributed by atoms with Crippen molar-refractivity contribution in [1.82, 2.24) is 20.0 Å². The molecule has 1 saturated heterocycles. The zero-order valence-corrected chi connectivity index (χ0v) is 13.7. The third kappa shape index (κ3) is 3.33. The van der Waals surface area contributed by atoms with Crippen LogP contribution in [0, 0.1) is 0 Å². The van der Waals surface area contributed by atoms with Crippen LogP contribution in [-0.2, 0) is 4.79 Å². The molecular formula is C16H21N5O2. The fourth-order valence-electron chi connectivity index (χ4n) is 2.74. The maximum Gasteiger partial charge on any atom is 0.230 e. The maximum atomic E-state index is 11.4. The van der Waals surface area contributed by atoms with Gasteiger partial charge >= 0.3 is 0 Å². The molecule has 0 spiro atoms. The highest BCUT2D eigenvalue weighted by molar-refractivity contribution is 5.73. The van der Waals surface area contributed by atoms with Gasteiger partial charge in [-0.2, -0.15) is 4.98 Å². The first-order valence-electron chi connectivity index (χ1n) is 7.77. The fourth-order valence-corrected chi connectivity index (χ4v) is 2.74. The van der Waals surface area contributed by atoms with E-state index < -0.39 is 0 Å². The van der Waals surface area contributed by atoms with E-state index in [1.54, 1.807) is 13.1 Å². The molecule has 0 aliphatic carbocycles. The molecule has 1 aliphatic rings. The molecule has 0 atom stereocenters. The molecule has 0 bridgehead atoms. The molecule has 0 unspecified atom stereocenters. The first kappa shape index (κ1) is 15.5. The number of anilines is 1. The molecule has 122 valence electrons. The van der Waals surface area contributed by atoms with E-state index in [9.17, 15) is 4.79 Å². The molecule has 0 aromatic carbocycles. The Morgan fingerprint density at radius 1 is 1.30 bits per heavy atom. The van der Waals surface area contributed by atoms with E-state index >= 15 is 0 Å². The van der Waals surface area contributed by atoms with Gasteiger partial charge in [-0.1, -0.05) is 5.16 Å². The average molecular weight is 315 g/mol. The highest BCUT2D eigenvalue weighted by Gasteiger charge is 2.26. The Bertz CT molecular complexity index is 672. The van der Waals surface area contributed by atoms with Crippen molar-refractivity contribution in [1.29, 1.82) is 0 Å². The third-order valence-corrected chi connectivity index (χ3v) is 4.20. The Hall–Kier alpha value is -2.44. The number of aromatic nitrogens is 3. The van der Waals surface area contributed by atoms with Crippen molar-refractivity contribution in [3.63, 3.8) is 0 Å². The summed E-state index contributed by atoms with van der Waals surface area (Å²) in [5.74, 6) is 2.45. The lowest BCUT2D eigenvalue weighted by molar-refractivity contribution is -0.129. The minimum Gasteiger partial charge on any atom is -0.363 e. The minimum atomic E-state index is 0.127.